The molecule has 2 aromatic heterocycles. The van der Waals surface area contributed by atoms with Crippen molar-refractivity contribution in [1.82, 2.24) is 15.0 Å². The van der Waals surface area contributed by atoms with Crippen LogP contribution in [0.25, 0.3) is 0 Å². The number of sulfonamides is 1. The van der Waals surface area contributed by atoms with E-state index < -0.39 is 27.0 Å². The van der Waals surface area contributed by atoms with Crippen molar-refractivity contribution in [3.63, 3.8) is 0 Å². The highest BCUT2D eigenvalue weighted by Gasteiger charge is 2.34. The van der Waals surface area contributed by atoms with E-state index >= 15 is 0 Å². The molecule has 4 rings (SSSR count). The third-order valence-electron chi connectivity index (χ3n) is 4.79. The summed E-state index contributed by atoms with van der Waals surface area (Å²) in [6, 6.07) is 10.2. The quantitative estimate of drug-likeness (QED) is 0.575. The minimum absolute atomic E-state index is 0.00711. The average molecular weight is 480 g/mol. The van der Waals surface area contributed by atoms with Crippen LogP contribution in [0.2, 0.25) is 0 Å². The Bertz CT molecular complexity index is 1190. The first-order valence-electron chi connectivity index (χ1n) is 9.82. The topological polar surface area (TPSA) is 101 Å². The number of rotatable bonds is 6. The molecule has 3 aromatic rings. The van der Waals surface area contributed by atoms with E-state index in [0.717, 1.165) is 18.0 Å². The van der Waals surface area contributed by atoms with E-state index in [9.17, 15) is 21.6 Å². The Kier molecular flexibility index (Phi) is 6.22. The van der Waals surface area contributed by atoms with Gasteiger partial charge in [-0.1, -0.05) is 18.2 Å². The lowest BCUT2D eigenvalue weighted by atomic mass is 10.3. The summed E-state index contributed by atoms with van der Waals surface area (Å²) in [6.07, 6.45) is -0.772. The van der Waals surface area contributed by atoms with Crippen LogP contribution < -0.4 is 19.3 Å². The lowest BCUT2D eigenvalue weighted by Crippen LogP contribution is -2.47. The van der Waals surface area contributed by atoms with Crippen LogP contribution in [-0.2, 0) is 10.0 Å². The van der Waals surface area contributed by atoms with E-state index in [2.05, 4.69) is 29.3 Å². The first kappa shape index (κ1) is 22.6. The SMILES string of the molecule is O=S(=O)(Nc1cnc(N2CCN(c3ccccn3)CC2)nc1)c1ccccc1OC(F)(F)F. The highest BCUT2D eigenvalue weighted by molar-refractivity contribution is 7.92. The number of nitrogens with one attached hydrogen (secondary N) is 1. The number of benzene rings is 1. The van der Waals surface area contributed by atoms with Crippen molar-refractivity contribution < 1.29 is 26.3 Å². The number of hydrogen-bond donors (Lipinski definition) is 1. The summed E-state index contributed by atoms with van der Waals surface area (Å²) < 4.78 is 69.1. The molecule has 1 aliphatic rings. The molecule has 1 aromatic carbocycles. The molecule has 174 valence electrons. The van der Waals surface area contributed by atoms with Gasteiger partial charge in [0.15, 0.2) is 0 Å². The number of ether oxygens (including phenoxy) is 1. The van der Waals surface area contributed by atoms with Crippen molar-refractivity contribution in [1.29, 1.82) is 0 Å². The Labute approximate surface area is 187 Å². The molecule has 0 atom stereocenters. The maximum Gasteiger partial charge on any atom is 0.573 e. The van der Waals surface area contributed by atoms with Crippen LogP contribution in [0.4, 0.5) is 30.6 Å². The first-order valence-corrected chi connectivity index (χ1v) is 11.3. The molecular formula is C20H19F3N6O3S. The van der Waals surface area contributed by atoms with Gasteiger partial charge >= 0.3 is 6.36 Å². The van der Waals surface area contributed by atoms with Crippen LogP contribution in [0, 0.1) is 0 Å². The zero-order chi connectivity index (χ0) is 23.5. The summed E-state index contributed by atoms with van der Waals surface area (Å²) in [4.78, 5) is 16.2. The Morgan fingerprint density at radius 2 is 1.52 bits per heavy atom. The second-order valence-corrected chi connectivity index (χ2v) is 8.68. The fourth-order valence-electron chi connectivity index (χ4n) is 3.30. The van der Waals surface area contributed by atoms with Gasteiger partial charge in [0, 0.05) is 32.4 Å². The molecule has 9 nitrogen and oxygen atoms in total. The normalized spacial score (nSPS) is 14.8. The average Bonchev–Trinajstić information content (AvgIpc) is 2.79. The number of alkyl halides is 3. The number of anilines is 3. The molecule has 33 heavy (non-hydrogen) atoms. The summed E-state index contributed by atoms with van der Waals surface area (Å²) in [5.74, 6) is 0.470. The minimum Gasteiger partial charge on any atom is -0.404 e. The second-order valence-electron chi connectivity index (χ2n) is 7.03. The van der Waals surface area contributed by atoms with Gasteiger partial charge in [0.2, 0.25) is 5.95 Å². The predicted molar refractivity (Wildman–Crippen MR) is 115 cm³/mol. The third-order valence-corrected chi connectivity index (χ3v) is 6.21. The Hall–Kier alpha value is -3.61. The highest BCUT2D eigenvalue weighted by atomic mass is 32.2. The summed E-state index contributed by atoms with van der Waals surface area (Å²) in [5, 5.41) is 0. The molecule has 1 fully saturated rings. The van der Waals surface area contributed by atoms with Crippen molar-refractivity contribution in [2.24, 2.45) is 0 Å². The van der Waals surface area contributed by atoms with Crippen LogP contribution in [-0.4, -0.2) is 55.9 Å². The fraction of sp³-hybridized carbons (Fsp3) is 0.250. The van der Waals surface area contributed by atoms with Gasteiger partial charge in [-0.25, -0.2) is 23.4 Å². The Morgan fingerprint density at radius 3 is 2.15 bits per heavy atom. The molecule has 1 saturated heterocycles. The molecule has 3 heterocycles. The van der Waals surface area contributed by atoms with Gasteiger partial charge in [-0.15, -0.1) is 13.2 Å². The lowest BCUT2D eigenvalue weighted by Gasteiger charge is -2.35. The zero-order valence-electron chi connectivity index (χ0n) is 17.1. The van der Waals surface area contributed by atoms with Gasteiger partial charge in [0.25, 0.3) is 10.0 Å². The highest BCUT2D eigenvalue weighted by Crippen LogP contribution is 2.30. The van der Waals surface area contributed by atoms with Gasteiger partial charge in [0.05, 0.1) is 18.1 Å². The fourth-order valence-corrected chi connectivity index (χ4v) is 4.46. The van der Waals surface area contributed by atoms with Crippen LogP contribution >= 0.6 is 0 Å². The lowest BCUT2D eigenvalue weighted by molar-refractivity contribution is -0.275. The molecule has 1 N–H and O–H groups in total. The molecule has 0 bridgehead atoms. The van der Waals surface area contributed by atoms with Crippen molar-refractivity contribution >= 4 is 27.5 Å². The molecule has 0 saturated carbocycles. The van der Waals surface area contributed by atoms with E-state index in [4.69, 9.17) is 0 Å². The maximum atomic E-state index is 12.6. The van der Waals surface area contributed by atoms with Crippen molar-refractivity contribution in [3.8, 4) is 5.75 Å². The van der Waals surface area contributed by atoms with E-state index in [-0.39, 0.29) is 5.69 Å². The van der Waals surface area contributed by atoms with Crippen LogP contribution in [0.5, 0.6) is 5.75 Å². The van der Waals surface area contributed by atoms with E-state index in [1.165, 1.54) is 24.5 Å². The smallest absolute Gasteiger partial charge is 0.404 e. The number of aromatic nitrogens is 3. The number of piperazine rings is 1. The van der Waals surface area contributed by atoms with E-state index in [1.54, 1.807) is 6.20 Å². The molecule has 13 heteroatoms. The molecule has 0 spiro atoms. The van der Waals surface area contributed by atoms with Crippen molar-refractivity contribution in [2.45, 2.75) is 11.3 Å². The van der Waals surface area contributed by atoms with Crippen molar-refractivity contribution in [3.05, 3.63) is 61.1 Å². The molecule has 0 aliphatic carbocycles. The number of nitrogens with zero attached hydrogens (tertiary/aromatic N) is 5. The maximum absolute atomic E-state index is 12.6. The summed E-state index contributed by atoms with van der Waals surface area (Å²) in [6.45, 7) is 2.71. The van der Waals surface area contributed by atoms with Crippen LogP contribution in [0.15, 0.2) is 66.0 Å². The zero-order valence-corrected chi connectivity index (χ0v) is 17.9. The third kappa shape index (κ3) is 5.61. The second kappa shape index (κ2) is 9.10. The Balaban J connectivity index is 1.42. The summed E-state index contributed by atoms with van der Waals surface area (Å²) in [5.41, 5.74) is 0.00711. The van der Waals surface area contributed by atoms with Gasteiger partial charge in [-0.05, 0) is 24.3 Å². The first-order chi connectivity index (χ1) is 15.7. The molecule has 0 radical (unpaired) electrons. The number of hydrogen-bond acceptors (Lipinski definition) is 8. The number of pyridine rings is 1. The predicted octanol–water partition coefficient (Wildman–Crippen LogP) is 2.90. The van der Waals surface area contributed by atoms with E-state index in [0.29, 0.717) is 32.1 Å². The van der Waals surface area contributed by atoms with E-state index in [1.807, 2.05) is 23.1 Å². The molecule has 1 aliphatic heterocycles. The largest absolute Gasteiger partial charge is 0.573 e. The molecule has 0 amide bonds. The number of para-hydroxylation sites is 1. The van der Waals surface area contributed by atoms with Gasteiger partial charge < -0.3 is 14.5 Å². The monoisotopic (exact) mass is 480 g/mol. The van der Waals surface area contributed by atoms with Gasteiger partial charge in [-0.3, -0.25) is 4.72 Å². The standard InChI is InChI=1S/C20H19F3N6O3S/c21-20(22,23)32-16-5-1-2-6-17(16)33(30,31)27-15-13-25-19(26-14-15)29-11-9-28(10-12-29)18-7-3-4-8-24-18/h1-8,13-14,27H,9-12H2. The van der Waals surface area contributed by atoms with Crippen LogP contribution in [0.1, 0.15) is 0 Å². The van der Waals surface area contributed by atoms with Crippen LogP contribution in [0.3, 0.4) is 0 Å². The molecule has 0 unspecified atom stereocenters. The van der Waals surface area contributed by atoms with Gasteiger partial charge in [-0.2, -0.15) is 0 Å². The summed E-state index contributed by atoms with van der Waals surface area (Å²) >= 11 is 0. The number of halogens is 3. The Morgan fingerprint density at radius 1 is 0.879 bits per heavy atom. The van der Waals surface area contributed by atoms with Crippen molar-refractivity contribution in [2.75, 3.05) is 40.7 Å². The minimum atomic E-state index is -5.03. The van der Waals surface area contributed by atoms with Gasteiger partial charge in [0.1, 0.15) is 16.5 Å². The molecular weight excluding hydrogens is 461 g/mol. The summed E-state index contributed by atoms with van der Waals surface area (Å²) in [7, 11) is -4.37.